The van der Waals surface area contributed by atoms with E-state index in [0.29, 0.717) is 23.3 Å². The first-order chi connectivity index (χ1) is 20.7. The molecule has 0 aromatic heterocycles. The van der Waals surface area contributed by atoms with E-state index in [9.17, 15) is 8.42 Å². The smallest absolute Gasteiger partial charge is 0.174 e. The van der Waals surface area contributed by atoms with Crippen LogP contribution in [-0.2, 0) is 22.9 Å². The van der Waals surface area contributed by atoms with Crippen molar-refractivity contribution >= 4 is 55.9 Å². The predicted octanol–water partition coefficient (Wildman–Crippen LogP) is 6.57. The molecule has 5 rings (SSSR count). The van der Waals surface area contributed by atoms with Crippen molar-refractivity contribution < 1.29 is 8.42 Å². The molecule has 4 aromatic rings. The molecule has 0 unspecified atom stereocenters. The molecule has 2 N–H and O–H groups in total. The van der Waals surface area contributed by atoms with Crippen LogP contribution in [0.15, 0.2) is 109 Å². The van der Waals surface area contributed by atoms with Crippen molar-refractivity contribution in [3.63, 3.8) is 0 Å². The predicted molar refractivity (Wildman–Crippen MR) is 185 cm³/mol. The molecule has 6 nitrogen and oxygen atoms in total. The molecular formula is C34H36N4O2S3. The van der Waals surface area contributed by atoms with E-state index < -0.39 is 21.9 Å². The van der Waals surface area contributed by atoms with Crippen molar-refractivity contribution in [3.8, 4) is 0 Å². The van der Waals surface area contributed by atoms with Crippen molar-refractivity contribution in [3.05, 3.63) is 131 Å². The van der Waals surface area contributed by atoms with Crippen LogP contribution < -0.4 is 10.6 Å². The summed E-state index contributed by atoms with van der Waals surface area (Å²) in [5.74, 6) is -0.0582. The van der Waals surface area contributed by atoms with Crippen LogP contribution in [0.25, 0.3) is 0 Å². The summed E-state index contributed by atoms with van der Waals surface area (Å²) in [4.78, 5) is 4.04. The van der Waals surface area contributed by atoms with Gasteiger partial charge in [-0.15, -0.1) is 0 Å². The molecule has 1 aliphatic rings. The molecule has 0 radical (unpaired) electrons. The number of rotatable bonds is 8. The van der Waals surface area contributed by atoms with Crippen LogP contribution in [0.2, 0.25) is 0 Å². The van der Waals surface area contributed by atoms with E-state index in [1.54, 1.807) is 0 Å². The molecular weight excluding hydrogens is 593 g/mol. The van der Waals surface area contributed by atoms with Crippen molar-refractivity contribution in [2.45, 2.75) is 39.0 Å². The van der Waals surface area contributed by atoms with Gasteiger partial charge in [-0.1, -0.05) is 96.1 Å². The monoisotopic (exact) mass is 628 g/mol. The van der Waals surface area contributed by atoms with Gasteiger partial charge in [-0.3, -0.25) is 0 Å². The lowest BCUT2D eigenvalue weighted by molar-refractivity contribution is 0.208. The largest absolute Gasteiger partial charge is 0.339 e. The Hall–Kier alpha value is -3.79. The topological polar surface area (TPSA) is 64.7 Å². The van der Waals surface area contributed by atoms with E-state index in [-0.39, 0.29) is 11.5 Å². The van der Waals surface area contributed by atoms with Crippen LogP contribution in [0.3, 0.4) is 0 Å². The summed E-state index contributed by atoms with van der Waals surface area (Å²) in [6.45, 7) is 4.97. The average molecular weight is 629 g/mol. The van der Waals surface area contributed by atoms with E-state index in [4.69, 9.17) is 24.4 Å². The summed E-state index contributed by atoms with van der Waals surface area (Å²) in [5.41, 5.74) is 6.06. The molecule has 2 atom stereocenters. The number of nitrogens with one attached hydrogen (secondary N) is 2. The van der Waals surface area contributed by atoms with Crippen LogP contribution >= 0.6 is 24.4 Å². The van der Waals surface area contributed by atoms with Crippen molar-refractivity contribution in [1.82, 2.24) is 9.80 Å². The zero-order valence-corrected chi connectivity index (χ0v) is 26.8. The molecule has 43 heavy (non-hydrogen) atoms. The zero-order valence-electron chi connectivity index (χ0n) is 24.3. The maximum absolute atomic E-state index is 13.4. The van der Waals surface area contributed by atoms with Crippen molar-refractivity contribution in [1.29, 1.82) is 0 Å². The Balaban J connectivity index is 1.51. The summed E-state index contributed by atoms with van der Waals surface area (Å²) in [7, 11) is -3.40. The maximum Gasteiger partial charge on any atom is 0.174 e. The number of anilines is 2. The second kappa shape index (κ2) is 13.7. The van der Waals surface area contributed by atoms with Gasteiger partial charge in [0, 0.05) is 24.5 Å². The molecule has 0 spiro atoms. The fraction of sp³-hybridized carbons (Fsp3) is 0.235. The van der Waals surface area contributed by atoms with Crippen molar-refractivity contribution in [2.75, 3.05) is 22.1 Å². The minimum Gasteiger partial charge on any atom is -0.339 e. The fourth-order valence-electron chi connectivity index (χ4n) is 5.31. The molecule has 1 heterocycles. The Morgan fingerprint density at radius 3 is 1.33 bits per heavy atom. The van der Waals surface area contributed by atoms with Crippen LogP contribution in [0.4, 0.5) is 11.4 Å². The van der Waals surface area contributed by atoms with Crippen LogP contribution in [0, 0.1) is 13.8 Å². The highest BCUT2D eigenvalue weighted by atomic mass is 32.2. The molecule has 222 valence electrons. The third-order valence-electron chi connectivity index (χ3n) is 7.61. The number of aryl methyl sites for hydroxylation is 2. The molecule has 4 aromatic carbocycles. The highest BCUT2D eigenvalue weighted by Crippen LogP contribution is 2.28. The van der Waals surface area contributed by atoms with Crippen LogP contribution in [0.5, 0.6) is 0 Å². The highest BCUT2D eigenvalue weighted by Gasteiger charge is 2.45. The Labute approximate surface area is 265 Å². The maximum atomic E-state index is 13.4. The minimum absolute atomic E-state index is 0.0291. The number of thiocarbonyl (C=S) groups is 2. The quantitative estimate of drug-likeness (QED) is 0.213. The second-order valence-electron chi connectivity index (χ2n) is 11.0. The first-order valence-electron chi connectivity index (χ1n) is 14.2. The summed E-state index contributed by atoms with van der Waals surface area (Å²) >= 11 is 12.0. The SMILES string of the molecule is Cc1ccc(NC(=S)N(Cc2ccccc2)[C@@H]2CS(=O)(=O)C[C@@H]2N(Cc2ccccc2)C(=S)Nc2ccc(C)cc2)cc1. The minimum atomic E-state index is -3.40. The fourth-order valence-corrected chi connectivity index (χ4v) is 7.93. The van der Waals surface area contributed by atoms with E-state index in [2.05, 4.69) is 10.6 Å². The van der Waals surface area contributed by atoms with Gasteiger partial charge in [0.1, 0.15) is 0 Å². The van der Waals surface area contributed by atoms with Gasteiger partial charge in [0.25, 0.3) is 0 Å². The lowest BCUT2D eigenvalue weighted by atomic mass is 10.1. The first-order valence-corrected chi connectivity index (χ1v) is 16.9. The highest BCUT2D eigenvalue weighted by molar-refractivity contribution is 7.91. The van der Waals surface area contributed by atoms with Crippen molar-refractivity contribution in [2.24, 2.45) is 0 Å². The average Bonchev–Trinajstić information content (AvgIpc) is 3.32. The van der Waals surface area contributed by atoms with E-state index in [1.807, 2.05) is 133 Å². The molecule has 0 bridgehead atoms. The summed E-state index contributed by atoms with van der Waals surface area (Å²) < 4.78 is 26.8. The Kier molecular flexibility index (Phi) is 9.75. The van der Waals surface area contributed by atoms with Gasteiger partial charge in [-0.05, 0) is 73.7 Å². The van der Waals surface area contributed by atoms with E-state index >= 15 is 0 Å². The lowest BCUT2D eigenvalue weighted by Crippen LogP contribution is -2.55. The third kappa shape index (κ3) is 8.19. The molecule has 0 aliphatic carbocycles. The molecule has 0 saturated carbocycles. The van der Waals surface area contributed by atoms with Gasteiger partial charge in [0.05, 0.1) is 23.6 Å². The van der Waals surface area contributed by atoms with Crippen LogP contribution in [-0.4, -0.2) is 52.0 Å². The number of hydrogen-bond acceptors (Lipinski definition) is 4. The van der Waals surface area contributed by atoms with E-state index in [1.165, 1.54) is 0 Å². The van der Waals surface area contributed by atoms with E-state index in [0.717, 1.165) is 33.6 Å². The number of nitrogens with zero attached hydrogens (tertiary/aromatic N) is 2. The molecule has 1 fully saturated rings. The third-order valence-corrected chi connectivity index (χ3v) is 9.99. The first kappa shape index (κ1) is 30.7. The van der Waals surface area contributed by atoms with Gasteiger partial charge in [0.15, 0.2) is 20.1 Å². The number of benzene rings is 4. The van der Waals surface area contributed by atoms with Gasteiger partial charge in [-0.2, -0.15) is 0 Å². The Morgan fingerprint density at radius 2 is 0.977 bits per heavy atom. The van der Waals surface area contributed by atoms with Gasteiger partial charge >= 0.3 is 0 Å². The normalized spacial score (nSPS) is 17.2. The summed E-state index contributed by atoms with van der Waals surface area (Å²) in [6, 6.07) is 35.1. The molecule has 9 heteroatoms. The Bertz CT molecular complexity index is 1530. The number of sulfone groups is 1. The summed E-state index contributed by atoms with van der Waals surface area (Å²) in [5, 5.41) is 7.68. The summed E-state index contributed by atoms with van der Waals surface area (Å²) in [6.07, 6.45) is 0. The molecule has 1 aliphatic heterocycles. The van der Waals surface area contributed by atoms with Gasteiger partial charge in [0.2, 0.25) is 0 Å². The standard InChI is InChI=1S/C34H36N4O2S3/c1-25-13-17-29(18-14-25)35-33(41)37(21-27-9-5-3-6-10-27)31-23-43(39,40)24-32(31)38(22-28-11-7-4-8-12-28)34(42)36-30-19-15-26(2)16-20-30/h3-20,31-32H,21-24H2,1-2H3,(H,35,41)(H,36,42)/t31-,32+. The molecule has 0 amide bonds. The van der Waals surface area contributed by atoms with Gasteiger partial charge < -0.3 is 20.4 Å². The van der Waals surface area contributed by atoms with Crippen LogP contribution in [0.1, 0.15) is 22.3 Å². The molecule has 1 saturated heterocycles. The zero-order chi connectivity index (χ0) is 30.4. The second-order valence-corrected chi connectivity index (χ2v) is 14.0. The number of hydrogen-bond donors (Lipinski definition) is 2. The lowest BCUT2D eigenvalue weighted by Gasteiger charge is -2.40. The van der Waals surface area contributed by atoms with Gasteiger partial charge in [-0.25, -0.2) is 8.42 Å². The Morgan fingerprint density at radius 1 is 0.628 bits per heavy atom.